The van der Waals surface area contributed by atoms with E-state index in [2.05, 4.69) is 5.32 Å². The van der Waals surface area contributed by atoms with Crippen LogP contribution in [0.3, 0.4) is 0 Å². The van der Waals surface area contributed by atoms with E-state index >= 15 is 4.79 Å². The standard InChI is InChI=1S/C49H77NO14Si2/c1-15-65(16-2,17-3)63-34(28-50-44(56)62-45(9,10)11)43(55)59-33-27-49(57)41(60-42(54)32-24-22-21-23-25-32)39-47(14,35(52)26-36-48(39,29-58-36)61-31(8)51)40(53)38(37(30(33)7)46(49,12)13)64-66(18-4,19-5)20-6/h21-25,33-36,38-39,41,52,57H,15-20,26-29H2,1-14H3,(H,50,56)/t33-,34+,35-,36+,38+,39?,41-,47+,48-,49+/m0/s1. The van der Waals surface area contributed by atoms with Crippen molar-refractivity contribution in [2.75, 3.05) is 13.2 Å². The monoisotopic (exact) mass is 959 g/mol. The van der Waals surface area contributed by atoms with Crippen molar-refractivity contribution in [3.63, 3.8) is 0 Å². The molecule has 66 heavy (non-hydrogen) atoms. The number of nitrogens with one attached hydrogen (secondary N) is 1. The molecule has 370 valence electrons. The molecule has 1 aromatic carbocycles. The number of hydrogen-bond acceptors (Lipinski definition) is 14. The molecule has 0 aromatic heterocycles. The van der Waals surface area contributed by atoms with Crippen LogP contribution in [0.2, 0.25) is 36.3 Å². The Morgan fingerprint density at radius 1 is 0.909 bits per heavy atom. The zero-order chi connectivity index (χ0) is 49.4. The Bertz CT molecular complexity index is 1980. The maximum absolute atomic E-state index is 16.2. The van der Waals surface area contributed by atoms with Crippen molar-refractivity contribution in [2.45, 2.75) is 199 Å². The minimum atomic E-state index is -2.76. The van der Waals surface area contributed by atoms with Gasteiger partial charge >= 0.3 is 24.0 Å². The Hall–Kier alpha value is -3.46. The molecule has 1 aliphatic heterocycles. The van der Waals surface area contributed by atoms with Gasteiger partial charge in [0.05, 0.1) is 36.2 Å². The molecule has 3 N–H and O–H groups in total. The van der Waals surface area contributed by atoms with Gasteiger partial charge in [-0.1, -0.05) is 73.6 Å². The average Bonchev–Trinajstić information content (AvgIpc) is 3.26. The molecule has 3 fully saturated rings. The molecule has 0 radical (unpaired) electrons. The Balaban J connectivity index is 1.80. The number of alkyl carbamates (subject to hydrolysis) is 1. The molecule has 4 aliphatic rings. The van der Waals surface area contributed by atoms with Crippen molar-refractivity contribution < 1.29 is 66.7 Å². The number of carbonyl (C=O) groups excluding carboxylic acids is 5. The second-order valence-electron chi connectivity index (χ2n) is 20.7. The van der Waals surface area contributed by atoms with Gasteiger partial charge < -0.3 is 48.1 Å². The minimum absolute atomic E-state index is 0.0904. The molecule has 15 nitrogen and oxygen atoms in total. The van der Waals surface area contributed by atoms with E-state index < -0.39 is 117 Å². The van der Waals surface area contributed by atoms with E-state index in [1.807, 2.05) is 41.5 Å². The van der Waals surface area contributed by atoms with Gasteiger partial charge in [-0.3, -0.25) is 9.59 Å². The van der Waals surface area contributed by atoms with Gasteiger partial charge in [-0.05, 0) is 94.2 Å². The third-order valence-electron chi connectivity index (χ3n) is 15.9. The number of amides is 1. The largest absolute Gasteiger partial charge is 0.456 e. The first-order chi connectivity index (χ1) is 30.7. The molecular weight excluding hydrogens is 883 g/mol. The van der Waals surface area contributed by atoms with Gasteiger partial charge in [0.15, 0.2) is 34.1 Å². The fraction of sp³-hybridized carbons (Fsp3) is 0.735. The number of aliphatic hydroxyl groups excluding tert-OH is 1. The highest BCUT2D eigenvalue weighted by Crippen LogP contribution is 2.64. The van der Waals surface area contributed by atoms with Crippen molar-refractivity contribution in [2.24, 2.45) is 16.7 Å². The molecule has 3 aliphatic carbocycles. The lowest BCUT2D eigenvalue weighted by molar-refractivity contribution is -0.345. The van der Waals surface area contributed by atoms with Gasteiger partial charge in [0.1, 0.15) is 35.6 Å². The number of benzene rings is 1. The zero-order valence-electron chi connectivity index (χ0n) is 41.8. The molecule has 2 bridgehead atoms. The lowest BCUT2D eigenvalue weighted by Gasteiger charge is -2.67. The molecule has 2 saturated carbocycles. The molecule has 1 unspecified atom stereocenters. The van der Waals surface area contributed by atoms with Crippen LogP contribution in [0.15, 0.2) is 41.5 Å². The number of carbonyl (C=O) groups is 5. The van der Waals surface area contributed by atoms with Crippen LogP contribution in [0.4, 0.5) is 4.79 Å². The van der Waals surface area contributed by atoms with E-state index in [-0.39, 0.29) is 31.6 Å². The second kappa shape index (κ2) is 19.9. The zero-order valence-corrected chi connectivity index (χ0v) is 43.8. The number of ketones is 1. The molecular formula is C49H77NO14Si2. The predicted molar refractivity (Wildman–Crippen MR) is 251 cm³/mol. The van der Waals surface area contributed by atoms with E-state index in [4.69, 9.17) is 32.5 Å². The van der Waals surface area contributed by atoms with Gasteiger partial charge in [0.25, 0.3) is 0 Å². The van der Waals surface area contributed by atoms with E-state index in [1.54, 1.807) is 78.8 Å². The second-order valence-corrected chi connectivity index (χ2v) is 30.1. The number of rotatable bonds is 17. The highest BCUT2D eigenvalue weighted by molar-refractivity contribution is 6.74. The van der Waals surface area contributed by atoms with Crippen molar-refractivity contribution in [1.29, 1.82) is 0 Å². The fourth-order valence-electron chi connectivity index (χ4n) is 11.3. The molecule has 1 aromatic rings. The van der Waals surface area contributed by atoms with Crippen LogP contribution < -0.4 is 5.32 Å². The first kappa shape index (κ1) is 53.5. The summed E-state index contributed by atoms with van der Waals surface area (Å²) in [5.74, 6) is -4.27. The predicted octanol–water partition coefficient (Wildman–Crippen LogP) is 7.58. The van der Waals surface area contributed by atoms with Crippen LogP contribution in [0.25, 0.3) is 0 Å². The number of esters is 3. The van der Waals surface area contributed by atoms with Gasteiger partial charge in [-0.15, -0.1) is 0 Å². The van der Waals surface area contributed by atoms with Crippen molar-refractivity contribution in [3.05, 3.63) is 47.0 Å². The quantitative estimate of drug-likeness (QED) is 0.0597. The van der Waals surface area contributed by atoms with Crippen molar-refractivity contribution in [3.8, 4) is 0 Å². The van der Waals surface area contributed by atoms with Gasteiger partial charge in [0, 0.05) is 25.2 Å². The highest BCUT2D eigenvalue weighted by Gasteiger charge is 2.78. The maximum atomic E-state index is 16.2. The number of fused-ring (bicyclic) bond motifs is 5. The normalized spacial score (nSPS) is 31.2. The molecule has 10 atom stereocenters. The van der Waals surface area contributed by atoms with E-state index in [1.165, 1.54) is 6.92 Å². The average molecular weight is 960 g/mol. The van der Waals surface area contributed by atoms with Crippen LogP contribution in [0.5, 0.6) is 0 Å². The Kier molecular flexibility index (Phi) is 16.1. The van der Waals surface area contributed by atoms with E-state index in [9.17, 15) is 29.4 Å². The van der Waals surface area contributed by atoms with Gasteiger partial charge in [-0.2, -0.15) is 0 Å². The molecule has 0 spiro atoms. The number of aliphatic hydroxyl groups is 2. The molecule has 1 amide bonds. The van der Waals surface area contributed by atoms with E-state index in [0.29, 0.717) is 47.4 Å². The topological polar surface area (TPSA) is 202 Å². The van der Waals surface area contributed by atoms with Crippen LogP contribution in [0, 0.1) is 16.7 Å². The summed E-state index contributed by atoms with van der Waals surface area (Å²) >= 11 is 0. The summed E-state index contributed by atoms with van der Waals surface area (Å²) in [6.07, 6.45) is -9.15. The van der Waals surface area contributed by atoms with Crippen molar-refractivity contribution in [1.82, 2.24) is 5.32 Å². The lowest BCUT2D eigenvalue weighted by Crippen LogP contribution is -2.82. The fourth-order valence-corrected chi connectivity index (χ4v) is 16.8. The van der Waals surface area contributed by atoms with Gasteiger partial charge in [0.2, 0.25) is 0 Å². The third kappa shape index (κ3) is 9.60. The van der Waals surface area contributed by atoms with Crippen LogP contribution >= 0.6 is 0 Å². The summed E-state index contributed by atoms with van der Waals surface area (Å²) in [6, 6.07) is 12.2. The summed E-state index contributed by atoms with van der Waals surface area (Å²) in [7, 11) is -5.31. The third-order valence-corrected chi connectivity index (χ3v) is 25.1. The summed E-state index contributed by atoms with van der Waals surface area (Å²) < 4.78 is 45.0. The lowest BCUT2D eigenvalue weighted by atomic mass is 9.44. The first-order valence-corrected chi connectivity index (χ1v) is 29.1. The Morgan fingerprint density at radius 3 is 1.98 bits per heavy atom. The summed E-state index contributed by atoms with van der Waals surface area (Å²) in [4.78, 5) is 71.8. The molecule has 17 heteroatoms. The molecule has 1 heterocycles. The number of hydrogen-bond donors (Lipinski definition) is 3. The van der Waals surface area contributed by atoms with Gasteiger partial charge in [-0.25, -0.2) is 14.4 Å². The highest BCUT2D eigenvalue weighted by atomic mass is 28.4. The Morgan fingerprint density at radius 2 is 1.48 bits per heavy atom. The minimum Gasteiger partial charge on any atom is -0.456 e. The first-order valence-electron chi connectivity index (χ1n) is 24.0. The SMILES string of the molecule is CC[Si](CC)(CC)O[C@H]1C(=O)[C@@]2(C)C([C@H](OC(=O)c3ccccc3)[C@]3(O)C[C@H](OC(=O)[C@@H](CNC(=O)OC(C)(C)C)O[Si](CC)(CC)CC)C(C)=C1C3(C)C)[C@]1(OC(C)=O)CO[C@@H]1C[C@@H]2O. The van der Waals surface area contributed by atoms with E-state index in [0.717, 1.165) is 0 Å². The van der Waals surface area contributed by atoms with Crippen LogP contribution in [0.1, 0.15) is 120 Å². The van der Waals surface area contributed by atoms with Crippen LogP contribution in [-0.4, -0.2) is 123 Å². The summed E-state index contributed by atoms with van der Waals surface area (Å²) in [6.45, 7) is 25.0. The number of Topliss-reactive ketones (excluding diaryl/α,β-unsaturated/α-hetero) is 1. The van der Waals surface area contributed by atoms with Crippen molar-refractivity contribution >= 4 is 46.4 Å². The summed E-state index contributed by atoms with van der Waals surface area (Å²) in [5, 5.41) is 29.2. The molecule has 5 rings (SSSR count). The number of ether oxygens (including phenoxy) is 5. The Labute approximate surface area is 393 Å². The van der Waals surface area contributed by atoms with Crippen LogP contribution in [-0.2, 0) is 46.9 Å². The smallest absolute Gasteiger partial charge is 0.407 e. The maximum Gasteiger partial charge on any atom is 0.407 e. The molecule has 1 saturated heterocycles. The summed E-state index contributed by atoms with van der Waals surface area (Å²) in [5.41, 5.74) is -7.07.